The van der Waals surface area contributed by atoms with E-state index in [1.807, 2.05) is 6.26 Å². The van der Waals surface area contributed by atoms with Crippen LogP contribution < -0.4 is 4.65 Å². The van der Waals surface area contributed by atoms with Crippen molar-refractivity contribution in [1.29, 1.82) is 0 Å². The Bertz CT molecular complexity index is 780. The standard InChI is InChI=1S/C19H26BNO7S/c1-19(2,3)18(24)27-11-26-17(23)13-8-6-7-12-9-14(20(25)28-16(12)13)21(4)15(22)10-29-5/h6-8,14,25H,9-11H2,1-5H3/t14-/m0/s1. The molecule has 0 aromatic heterocycles. The van der Waals surface area contributed by atoms with Crippen LogP contribution in [0.25, 0.3) is 0 Å². The minimum atomic E-state index is -1.29. The fraction of sp³-hybridized carbons (Fsp3) is 0.526. The molecule has 1 aromatic carbocycles. The van der Waals surface area contributed by atoms with Gasteiger partial charge in [0.2, 0.25) is 12.7 Å². The molecule has 0 bridgehead atoms. The van der Waals surface area contributed by atoms with Crippen LogP contribution in [0.3, 0.4) is 0 Å². The van der Waals surface area contributed by atoms with Crippen LogP contribution in [0.5, 0.6) is 5.75 Å². The lowest BCUT2D eigenvalue weighted by Gasteiger charge is -2.34. The Morgan fingerprint density at radius 1 is 1.31 bits per heavy atom. The summed E-state index contributed by atoms with van der Waals surface area (Å²) in [7, 11) is 0.327. The van der Waals surface area contributed by atoms with Crippen molar-refractivity contribution in [2.24, 2.45) is 5.41 Å². The van der Waals surface area contributed by atoms with Crippen LogP contribution in [-0.2, 0) is 25.5 Å². The van der Waals surface area contributed by atoms with Gasteiger partial charge in [0.25, 0.3) is 0 Å². The average molecular weight is 423 g/mol. The molecule has 1 aliphatic rings. The quantitative estimate of drug-likeness (QED) is 0.418. The first-order chi connectivity index (χ1) is 13.6. The molecular weight excluding hydrogens is 397 g/mol. The van der Waals surface area contributed by atoms with Crippen molar-refractivity contribution in [3.63, 3.8) is 0 Å². The Morgan fingerprint density at radius 3 is 2.62 bits per heavy atom. The van der Waals surface area contributed by atoms with E-state index in [4.69, 9.17) is 14.1 Å². The van der Waals surface area contributed by atoms with Crippen LogP contribution in [0.1, 0.15) is 36.7 Å². The van der Waals surface area contributed by atoms with Gasteiger partial charge in [-0.3, -0.25) is 9.59 Å². The van der Waals surface area contributed by atoms with Gasteiger partial charge in [-0.1, -0.05) is 12.1 Å². The van der Waals surface area contributed by atoms with E-state index in [-0.39, 0.29) is 17.2 Å². The molecule has 1 N–H and O–H groups in total. The molecule has 1 aliphatic heterocycles. The van der Waals surface area contributed by atoms with Gasteiger partial charge in [-0.15, -0.1) is 0 Å². The average Bonchev–Trinajstić information content (AvgIpc) is 2.65. The molecular formula is C19H26BNO7S. The fourth-order valence-electron chi connectivity index (χ4n) is 2.74. The third-order valence-electron chi connectivity index (χ3n) is 4.46. The lowest BCUT2D eigenvalue weighted by molar-refractivity contribution is -0.161. The van der Waals surface area contributed by atoms with Gasteiger partial charge in [-0.25, -0.2) is 4.79 Å². The second-order valence-corrected chi connectivity index (χ2v) is 8.61. The van der Waals surface area contributed by atoms with Crippen molar-refractivity contribution in [1.82, 2.24) is 4.90 Å². The third-order valence-corrected chi connectivity index (χ3v) is 5.00. The molecule has 0 radical (unpaired) electrons. The summed E-state index contributed by atoms with van der Waals surface area (Å²) in [6.07, 6.45) is 2.15. The van der Waals surface area contributed by atoms with Crippen LogP contribution >= 0.6 is 11.8 Å². The summed E-state index contributed by atoms with van der Waals surface area (Å²) < 4.78 is 15.5. The largest absolute Gasteiger partial charge is 0.547 e. The van der Waals surface area contributed by atoms with Crippen LogP contribution in [0, 0.1) is 5.41 Å². The van der Waals surface area contributed by atoms with E-state index in [9.17, 15) is 19.4 Å². The van der Waals surface area contributed by atoms with Crippen LogP contribution in [0.2, 0.25) is 0 Å². The number of ether oxygens (including phenoxy) is 2. The second kappa shape index (κ2) is 9.54. The molecule has 2 rings (SSSR count). The summed E-state index contributed by atoms with van der Waals surface area (Å²) >= 11 is 1.40. The van der Waals surface area contributed by atoms with E-state index in [2.05, 4.69) is 0 Å². The summed E-state index contributed by atoms with van der Waals surface area (Å²) in [5, 5.41) is 10.4. The summed E-state index contributed by atoms with van der Waals surface area (Å²) in [6, 6.07) is 4.93. The van der Waals surface area contributed by atoms with Gasteiger partial charge in [-0.2, -0.15) is 11.8 Å². The molecule has 1 aromatic rings. The summed E-state index contributed by atoms with van der Waals surface area (Å²) in [5.74, 6) is -1.42. The lowest BCUT2D eigenvalue weighted by atomic mass is 9.71. The van der Waals surface area contributed by atoms with Crippen molar-refractivity contribution >= 4 is 36.7 Å². The Labute approximate surface area is 175 Å². The minimum Gasteiger partial charge on any atom is -0.534 e. The minimum absolute atomic E-state index is 0.116. The number of carbonyl (C=O) groups excluding carboxylic acids is 3. The molecule has 0 aliphatic carbocycles. The monoisotopic (exact) mass is 423 g/mol. The normalized spacial score (nSPS) is 15.8. The molecule has 0 unspecified atom stereocenters. The first-order valence-corrected chi connectivity index (χ1v) is 10.5. The molecule has 0 fully saturated rings. The van der Waals surface area contributed by atoms with Gasteiger partial charge in [0.1, 0.15) is 11.3 Å². The number of nitrogens with zero attached hydrogens (tertiary/aromatic N) is 1. The molecule has 29 heavy (non-hydrogen) atoms. The number of likely N-dealkylation sites (N-methyl/N-ethyl adjacent to an activating group) is 1. The SMILES string of the molecule is CSCC(=O)N(C)[C@H]1Cc2cccc(C(=O)OCOC(=O)C(C)(C)C)c2OB1O. The molecule has 0 saturated heterocycles. The van der Waals surface area contributed by atoms with Crippen molar-refractivity contribution < 1.29 is 33.5 Å². The number of hydrogen-bond acceptors (Lipinski definition) is 8. The number of esters is 2. The van der Waals surface area contributed by atoms with Gasteiger partial charge in [-0.05, 0) is 45.1 Å². The second-order valence-electron chi connectivity index (χ2n) is 7.74. The predicted molar refractivity (Wildman–Crippen MR) is 110 cm³/mol. The smallest absolute Gasteiger partial charge is 0.534 e. The maximum Gasteiger partial charge on any atom is 0.547 e. The maximum atomic E-state index is 12.4. The molecule has 1 heterocycles. The van der Waals surface area contributed by atoms with Crippen LogP contribution in [0.4, 0.5) is 0 Å². The van der Waals surface area contributed by atoms with Gasteiger partial charge in [0.05, 0.1) is 17.1 Å². The molecule has 1 amide bonds. The van der Waals surface area contributed by atoms with E-state index in [1.165, 1.54) is 22.7 Å². The molecule has 10 heteroatoms. The fourth-order valence-corrected chi connectivity index (χ4v) is 3.19. The highest BCUT2D eigenvalue weighted by Crippen LogP contribution is 2.32. The number of para-hydroxylation sites is 1. The van der Waals surface area contributed by atoms with Gasteiger partial charge in [0, 0.05) is 7.05 Å². The first kappa shape index (κ1) is 23.1. The van der Waals surface area contributed by atoms with Gasteiger partial charge >= 0.3 is 19.1 Å². The van der Waals surface area contributed by atoms with Gasteiger partial charge in [0.15, 0.2) is 0 Å². The predicted octanol–water partition coefficient (Wildman–Crippen LogP) is 1.53. The molecule has 8 nitrogen and oxygen atoms in total. The van der Waals surface area contributed by atoms with Gasteiger partial charge < -0.3 is 24.1 Å². The summed E-state index contributed by atoms with van der Waals surface area (Å²) in [5.41, 5.74) is 0.0791. The number of amides is 1. The van der Waals surface area contributed by atoms with Crippen molar-refractivity contribution in [3.8, 4) is 5.75 Å². The Balaban J connectivity index is 2.10. The highest BCUT2D eigenvalue weighted by molar-refractivity contribution is 7.99. The number of thioether (sulfide) groups is 1. The van der Waals surface area contributed by atoms with Crippen molar-refractivity contribution in [3.05, 3.63) is 29.3 Å². The van der Waals surface area contributed by atoms with Crippen LogP contribution in [0.15, 0.2) is 18.2 Å². The zero-order valence-corrected chi connectivity index (χ0v) is 18.1. The van der Waals surface area contributed by atoms with Crippen molar-refractivity contribution in [2.75, 3.05) is 25.8 Å². The van der Waals surface area contributed by atoms with Crippen LogP contribution in [-0.4, -0.2) is 66.7 Å². The Hall–Kier alpha value is -2.20. The van der Waals surface area contributed by atoms with E-state index >= 15 is 0 Å². The molecule has 0 saturated carbocycles. The lowest BCUT2D eigenvalue weighted by Crippen LogP contribution is -2.54. The number of carbonyl (C=O) groups is 3. The molecule has 1 atom stereocenters. The third kappa shape index (κ3) is 5.67. The topological polar surface area (TPSA) is 102 Å². The van der Waals surface area contributed by atoms with E-state index in [0.29, 0.717) is 17.7 Å². The molecule has 158 valence electrons. The van der Waals surface area contributed by atoms with E-state index in [1.54, 1.807) is 40.0 Å². The number of rotatable bonds is 6. The maximum absolute atomic E-state index is 12.4. The number of benzene rings is 1. The van der Waals surface area contributed by atoms with Crippen molar-refractivity contribution in [2.45, 2.75) is 33.1 Å². The zero-order chi connectivity index (χ0) is 21.8. The zero-order valence-electron chi connectivity index (χ0n) is 17.3. The number of fused-ring (bicyclic) bond motifs is 1. The Morgan fingerprint density at radius 2 is 2.00 bits per heavy atom. The van der Waals surface area contributed by atoms with E-state index < -0.39 is 37.2 Å². The van der Waals surface area contributed by atoms with E-state index in [0.717, 1.165) is 0 Å². The number of hydrogen-bond donors (Lipinski definition) is 1. The summed E-state index contributed by atoms with van der Waals surface area (Å²) in [6.45, 7) is 4.56. The first-order valence-electron chi connectivity index (χ1n) is 9.11. The summed E-state index contributed by atoms with van der Waals surface area (Å²) in [4.78, 5) is 37.8. The Kier molecular flexibility index (Phi) is 7.59. The highest BCUT2D eigenvalue weighted by atomic mass is 32.2. The molecule has 0 spiro atoms. The highest BCUT2D eigenvalue weighted by Gasteiger charge is 2.40.